The first-order valence-corrected chi connectivity index (χ1v) is 21.7. The molecule has 0 saturated carbocycles. The van der Waals surface area contributed by atoms with Gasteiger partial charge in [0.1, 0.15) is 20.4 Å². The van der Waals surface area contributed by atoms with Gasteiger partial charge in [-0.1, -0.05) is 0 Å². The van der Waals surface area contributed by atoms with Crippen molar-refractivity contribution in [3.63, 3.8) is 0 Å². The van der Waals surface area contributed by atoms with E-state index in [1.54, 1.807) is 41.5 Å². The third-order valence-corrected chi connectivity index (χ3v) is 16.0. The minimum atomic E-state index is -4.75. The minimum absolute atomic E-state index is 0.0452. The van der Waals surface area contributed by atoms with Crippen LogP contribution in [0.3, 0.4) is 0 Å². The van der Waals surface area contributed by atoms with E-state index in [9.17, 15) is 33.7 Å². The number of rotatable bonds is 6. The molecule has 4 aliphatic heterocycles. The van der Waals surface area contributed by atoms with Crippen molar-refractivity contribution in [2.24, 2.45) is 0 Å². The van der Waals surface area contributed by atoms with Crippen LogP contribution in [0.25, 0.3) is 0 Å². The number of benzene rings is 2. The van der Waals surface area contributed by atoms with Crippen LogP contribution in [0.5, 0.6) is 11.5 Å². The van der Waals surface area contributed by atoms with Crippen LogP contribution >= 0.6 is 0 Å². The molecule has 0 unspecified atom stereocenters. The summed E-state index contributed by atoms with van der Waals surface area (Å²) >= 11 is 0. The number of sulfone groups is 1. The molecule has 0 amide bonds. The molecule has 0 spiro atoms. The van der Waals surface area contributed by atoms with Crippen molar-refractivity contribution < 1.29 is 52.6 Å². The largest absolute Gasteiger partial charge is 0.453 e. The molecule has 272 valence electrons. The molecule has 49 heavy (non-hydrogen) atoms. The number of nitrogens with zero attached hydrogens (tertiary/aromatic N) is 3. The number of hydrogen-bond acceptors (Lipinski definition) is 12. The minimum Gasteiger partial charge on any atom is -0.453 e. The van der Waals surface area contributed by atoms with E-state index in [0.29, 0.717) is 0 Å². The van der Waals surface area contributed by atoms with Crippen LogP contribution in [0.1, 0.15) is 41.5 Å². The lowest BCUT2D eigenvalue weighted by Crippen LogP contribution is -2.48. The van der Waals surface area contributed by atoms with Crippen molar-refractivity contribution >= 4 is 39.9 Å². The van der Waals surface area contributed by atoms with Gasteiger partial charge in [0.15, 0.2) is 5.75 Å². The highest BCUT2D eigenvalue weighted by Gasteiger charge is 2.44. The highest BCUT2D eigenvalue weighted by atomic mass is 32.2. The van der Waals surface area contributed by atoms with E-state index in [0.717, 1.165) is 32.9 Å². The highest BCUT2D eigenvalue weighted by Crippen LogP contribution is 2.48. The zero-order chi connectivity index (χ0) is 35.8. The Bertz CT molecular complexity index is 2060. The summed E-state index contributed by atoms with van der Waals surface area (Å²) in [6.45, 7) is 10.1. The molecule has 2 aromatic carbocycles. The molecule has 0 radical (unpaired) electrons. The molecule has 19 heteroatoms. The summed E-state index contributed by atoms with van der Waals surface area (Å²) in [5.74, 6) is -0.879. The quantitative estimate of drug-likeness (QED) is 0.357. The maximum atomic E-state index is 14.4. The summed E-state index contributed by atoms with van der Waals surface area (Å²) in [4.78, 5) is -2.81. The SMILES string of the molecule is C[C@@H]1CN(S(=O)(=O)c2ccc3c(c2)S(=O)(=O)c2cc(S(=O)(=O)N4C[C@@H](C)O[C@@H](C)C4)cc(S(=O)(=O)N4C[C@H](C)O[C@@H](C)C4)c2O3)C[C@@H](C)O1. The molecule has 0 aliphatic carbocycles. The molecule has 0 aromatic heterocycles. The Hall–Kier alpha value is -2.20. The van der Waals surface area contributed by atoms with Crippen molar-refractivity contribution in [1.29, 1.82) is 0 Å². The van der Waals surface area contributed by atoms with Gasteiger partial charge in [-0.15, -0.1) is 0 Å². The fourth-order valence-electron chi connectivity index (χ4n) is 6.78. The average molecular weight is 764 g/mol. The first-order valence-electron chi connectivity index (χ1n) is 15.9. The van der Waals surface area contributed by atoms with Gasteiger partial charge in [-0.2, -0.15) is 12.9 Å². The smallest absolute Gasteiger partial charge is 0.247 e. The van der Waals surface area contributed by atoms with Gasteiger partial charge < -0.3 is 18.9 Å². The molecule has 3 saturated heterocycles. The van der Waals surface area contributed by atoms with Crippen molar-refractivity contribution in [2.75, 3.05) is 39.3 Å². The summed E-state index contributed by atoms with van der Waals surface area (Å²) in [7, 11) is -18.0. The summed E-state index contributed by atoms with van der Waals surface area (Å²) < 4.78 is 140. The molecular formula is C30H41N3O12S4. The topological polar surface area (TPSA) is 183 Å². The first kappa shape index (κ1) is 36.6. The Balaban J connectivity index is 1.51. The third kappa shape index (κ3) is 6.67. The predicted molar refractivity (Wildman–Crippen MR) is 175 cm³/mol. The molecule has 6 rings (SSSR count). The maximum absolute atomic E-state index is 14.4. The maximum Gasteiger partial charge on any atom is 0.247 e. The highest BCUT2D eigenvalue weighted by molar-refractivity contribution is 7.92. The van der Waals surface area contributed by atoms with Crippen LogP contribution in [-0.2, 0) is 54.1 Å². The number of sulfonamides is 3. The zero-order valence-electron chi connectivity index (χ0n) is 28.0. The number of hydrogen-bond donors (Lipinski definition) is 0. The van der Waals surface area contributed by atoms with Crippen molar-refractivity contribution in [3.8, 4) is 11.5 Å². The van der Waals surface area contributed by atoms with Crippen molar-refractivity contribution in [1.82, 2.24) is 12.9 Å². The van der Waals surface area contributed by atoms with Crippen LogP contribution in [0, 0.1) is 0 Å². The van der Waals surface area contributed by atoms with Crippen molar-refractivity contribution in [2.45, 2.75) is 103 Å². The Kier molecular flexibility index (Phi) is 9.54. The van der Waals surface area contributed by atoms with E-state index in [4.69, 9.17) is 18.9 Å². The first-order chi connectivity index (χ1) is 22.7. The third-order valence-electron chi connectivity index (χ3n) is 8.75. The zero-order valence-corrected chi connectivity index (χ0v) is 31.2. The Morgan fingerprint density at radius 1 is 0.551 bits per heavy atom. The molecule has 0 bridgehead atoms. The summed E-state index contributed by atoms with van der Waals surface area (Å²) in [6.07, 6.45) is -2.75. The van der Waals surface area contributed by atoms with Gasteiger partial charge in [0.25, 0.3) is 0 Å². The Morgan fingerprint density at radius 2 is 0.939 bits per heavy atom. The van der Waals surface area contributed by atoms with Crippen LogP contribution in [0.4, 0.5) is 0 Å². The number of ether oxygens (including phenoxy) is 4. The second-order valence-electron chi connectivity index (χ2n) is 13.2. The van der Waals surface area contributed by atoms with Crippen LogP contribution in [-0.4, -0.2) is 122 Å². The molecule has 15 nitrogen and oxygen atoms in total. The molecule has 0 N–H and O–H groups in total. The van der Waals surface area contributed by atoms with Gasteiger partial charge in [-0.25, -0.2) is 33.7 Å². The Morgan fingerprint density at radius 3 is 1.39 bits per heavy atom. The lowest BCUT2D eigenvalue weighted by Gasteiger charge is -2.36. The second kappa shape index (κ2) is 12.8. The van der Waals surface area contributed by atoms with Crippen molar-refractivity contribution in [3.05, 3.63) is 30.3 Å². The lowest BCUT2D eigenvalue weighted by molar-refractivity contribution is -0.0442. The van der Waals surface area contributed by atoms with Gasteiger partial charge in [0.2, 0.25) is 39.9 Å². The normalized spacial score (nSPS) is 30.2. The lowest BCUT2D eigenvalue weighted by atomic mass is 10.3. The van der Waals surface area contributed by atoms with Gasteiger partial charge in [-0.3, -0.25) is 0 Å². The molecule has 6 atom stereocenters. The van der Waals surface area contributed by atoms with E-state index < -0.39 is 102 Å². The van der Waals surface area contributed by atoms with E-state index in [1.807, 2.05) is 0 Å². The number of fused-ring (bicyclic) bond motifs is 2. The molecule has 2 aromatic rings. The average Bonchev–Trinajstić information content (AvgIpc) is 2.99. The summed E-state index contributed by atoms with van der Waals surface area (Å²) in [5.41, 5.74) is 0. The van der Waals surface area contributed by atoms with Crippen LogP contribution in [0.15, 0.2) is 54.8 Å². The fourth-order valence-corrected chi connectivity index (χ4v) is 13.7. The Labute approximate surface area is 288 Å². The molecule has 4 heterocycles. The summed E-state index contributed by atoms with van der Waals surface area (Å²) in [6, 6.07) is 5.12. The predicted octanol–water partition coefficient (Wildman–Crippen LogP) is 2.02. The number of morpholine rings is 3. The van der Waals surface area contributed by atoms with Gasteiger partial charge in [0, 0.05) is 39.3 Å². The fraction of sp³-hybridized carbons (Fsp3) is 0.600. The van der Waals surface area contributed by atoms with Crippen LogP contribution < -0.4 is 4.74 Å². The molecule has 4 aliphatic rings. The van der Waals surface area contributed by atoms with E-state index in [2.05, 4.69) is 0 Å². The van der Waals surface area contributed by atoms with Gasteiger partial charge >= 0.3 is 0 Å². The van der Waals surface area contributed by atoms with E-state index in [-0.39, 0.29) is 49.9 Å². The summed E-state index contributed by atoms with van der Waals surface area (Å²) in [5, 5.41) is 0. The van der Waals surface area contributed by atoms with E-state index >= 15 is 0 Å². The van der Waals surface area contributed by atoms with Gasteiger partial charge in [0.05, 0.1) is 46.4 Å². The van der Waals surface area contributed by atoms with Crippen LogP contribution in [0.2, 0.25) is 0 Å². The molecular weight excluding hydrogens is 723 g/mol. The monoisotopic (exact) mass is 763 g/mol. The molecule has 3 fully saturated rings. The van der Waals surface area contributed by atoms with Gasteiger partial charge in [-0.05, 0) is 71.9 Å². The van der Waals surface area contributed by atoms with E-state index in [1.165, 1.54) is 10.4 Å². The second-order valence-corrected chi connectivity index (χ2v) is 20.9. The standard InChI is InChI=1S/C30H41N3O12S4/c1-18-12-31(13-19(2)42-18)47(36,37)24-7-8-26-27(9-24)46(34,35)28-10-25(48(38,39)32-14-20(3)43-21(4)15-32)11-29(30(28)45-26)49(40,41)33-16-22(5)44-23(6)17-33/h7-11,18-23H,12-17H2,1-6H3/t18-,19-,20-,21+,22+,23+/m1/s1.